The van der Waals surface area contributed by atoms with Gasteiger partial charge < -0.3 is 14.2 Å². The van der Waals surface area contributed by atoms with E-state index in [1.807, 2.05) is 0 Å². The van der Waals surface area contributed by atoms with Crippen LogP contribution in [0.25, 0.3) is 0 Å². The van der Waals surface area contributed by atoms with Crippen LogP contribution in [0.2, 0.25) is 0 Å². The fourth-order valence-electron chi connectivity index (χ4n) is 6.72. The van der Waals surface area contributed by atoms with E-state index in [2.05, 4.69) is 34.6 Å². The lowest BCUT2D eigenvalue weighted by Crippen LogP contribution is -2.30. The number of unbranched alkanes of at least 4 members (excludes halogenated alkanes) is 24. The highest BCUT2D eigenvalue weighted by Crippen LogP contribution is 2.17. The van der Waals surface area contributed by atoms with Crippen molar-refractivity contribution in [2.24, 2.45) is 11.8 Å². The Morgan fingerprint density at radius 3 is 1.10 bits per heavy atom. The van der Waals surface area contributed by atoms with Crippen LogP contribution in [-0.4, -0.2) is 37.2 Å². The average molecular weight is 737 g/mol. The summed E-state index contributed by atoms with van der Waals surface area (Å²) < 4.78 is 16.6. The van der Waals surface area contributed by atoms with Crippen molar-refractivity contribution in [2.45, 2.75) is 253 Å². The normalized spacial score (nSPS) is 12.6. The van der Waals surface area contributed by atoms with E-state index in [4.69, 9.17) is 14.2 Å². The van der Waals surface area contributed by atoms with Crippen molar-refractivity contribution in [3.8, 4) is 0 Å². The van der Waals surface area contributed by atoms with Gasteiger partial charge in [-0.15, -0.1) is 0 Å². The van der Waals surface area contributed by atoms with Crippen LogP contribution in [0.3, 0.4) is 0 Å². The van der Waals surface area contributed by atoms with Gasteiger partial charge in [-0.1, -0.05) is 208 Å². The van der Waals surface area contributed by atoms with Gasteiger partial charge in [0.05, 0.1) is 0 Å². The van der Waals surface area contributed by atoms with Crippen LogP contribution in [0.1, 0.15) is 247 Å². The van der Waals surface area contributed by atoms with Crippen LogP contribution < -0.4 is 0 Å². The largest absolute Gasteiger partial charge is 0.462 e. The molecule has 0 bridgehead atoms. The zero-order valence-corrected chi connectivity index (χ0v) is 35.4. The summed E-state index contributed by atoms with van der Waals surface area (Å²) in [7, 11) is 0. The molecule has 0 rings (SSSR count). The third-order valence-electron chi connectivity index (χ3n) is 10.6. The molecule has 0 spiro atoms. The third kappa shape index (κ3) is 38.1. The van der Waals surface area contributed by atoms with Crippen molar-refractivity contribution in [1.82, 2.24) is 0 Å². The molecule has 308 valence electrons. The number of carbonyl (C=O) groups is 3. The fourth-order valence-corrected chi connectivity index (χ4v) is 6.72. The molecule has 0 aromatic carbocycles. The number of esters is 3. The molecule has 1 unspecified atom stereocenters. The van der Waals surface area contributed by atoms with E-state index in [0.29, 0.717) is 19.3 Å². The first-order valence-electron chi connectivity index (χ1n) is 22.8. The zero-order chi connectivity index (χ0) is 38.3. The van der Waals surface area contributed by atoms with Crippen LogP contribution in [0.4, 0.5) is 0 Å². The predicted octanol–water partition coefficient (Wildman–Crippen LogP) is 14.2. The molecule has 0 N–H and O–H groups in total. The Morgan fingerprint density at radius 2 is 0.731 bits per heavy atom. The molecule has 0 saturated heterocycles. The van der Waals surface area contributed by atoms with Crippen LogP contribution in [-0.2, 0) is 28.6 Å². The van der Waals surface area contributed by atoms with Gasteiger partial charge in [0.15, 0.2) is 6.10 Å². The Morgan fingerprint density at radius 1 is 0.404 bits per heavy atom. The lowest BCUT2D eigenvalue weighted by Gasteiger charge is -2.18. The topological polar surface area (TPSA) is 78.9 Å². The Labute approximate surface area is 323 Å². The molecule has 0 amide bonds. The second kappa shape index (κ2) is 39.1. The summed E-state index contributed by atoms with van der Waals surface area (Å²) in [5.41, 5.74) is 0. The number of ether oxygens (including phenoxy) is 3. The van der Waals surface area contributed by atoms with Crippen molar-refractivity contribution >= 4 is 17.9 Å². The van der Waals surface area contributed by atoms with E-state index >= 15 is 0 Å². The van der Waals surface area contributed by atoms with Gasteiger partial charge in [0.2, 0.25) is 0 Å². The highest BCUT2D eigenvalue weighted by molar-refractivity contribution is 5.71. The monoisotopic (exact) mass is 737 g/mol. The van der Waals surface area contributed by atoms with E-state index in [0.717, 1.165) is 76.0 Å². The summed E-state index contributed by atoms with van der Waals surface area (Å²) >= 11 is 0. The zero-order valence-electron chi connectivity index (χ0n) is 35.4. The van der Waals surface area contributed by atoms with E-state index in [1.54, 1.807) is 0 Å². The minimum atomic E-state index is -0.758. The maximum absolute atomic E-state index is 12.5. The molecule has 0 aromatic rings. The average Bonchev–Trinajstić information content (AvgIpc) is 3.12. The SMILES string of the molecule is CCCCCCCC(=O)O[C@H](COC(=O)CCCCCCCCCCCCCCC(C)C)COC(=O)CCCCCCCCCCCCC(C)CC. The maximum Gasteiger partial charge on any atom is 0.306 e. The molecule has 0 aromatic heterocycles. The highest BCUT2D eigenvalue weighted by atomic mass is 16.6. The molecule has 0 heterocycles. The molecular weight excluding hydrogens is 649 g/mol. The van der Waals surface area contributed by atoms with Gasteiger partial charge in [0, 0.05) is 19.3 Å². The Balaban J connectivity index is 4.14. The quantitative estimate of drug-likeness (QED) is 0.0354. The Hall–Kier alpha value is -1.59. The van der Waals surface area contributed by atoms with Gasteiger partial charge in [0.25, 0.3) is 0 Å². The van der Waals surface area contributed by atoms with E-state index in [1.165, 1.54) is 128 Å². The van der Waals surface area contributed by atoms with Gasteiger partial charge in [0.1, 0.15) is 13.2 Å². The lowest BCUT2D eigenvalue weighted by atomic mass is 9.99. The molecule has 2 atom stereocenters. The van der Waals surface area contributed by atoms with Crippen molar-refractivity contribution in [3.63, 3.8) is 0 Å². The Kier molecular flexibility index (Phi) is 37.9. The number of rotatable bonds is 40. The molecule has 0 saturated carbocycles. The van der Waals surface area contributed by atoms with Crippen LogP contribution in [0, 0.1) is 11.8 Å². The summed E-state index contributed by atoms with van der Waals surface area (Å²) in [6.45, 7) is 11.3. The lowest BCUT2D eigenvalue weighted by molar-refractivity contribution is -0.167. The minimum absolute atomic E-state index is 0.0662. The predicted molar refractivity (Wildman–Crippen MR) is 220 cm³/mol. The highest BCUT2D eigenvalue weighted by Gasteiger charge is 2.19. The Bertz CT molecular complexity index is 796. The smallest absolute Gasteiger partial charge is 0.306 e. The minimum Gasteiger partial charge on any atom is -0.462 e. The first-order valence-corrected chi connectivity index (χ1v) is 22.8. The number of carbonyl (C=O) groups excluding carboxylic acids is 3. The summed E-state index contributed by atoms with van der Waals surface area (Å²) in [6.07, 6.45) is 36.8. The second-order valence-corrected chi connectivity index (χ2v) is 16.4. The maximum atomic E-state index is 12.5. The third-order valence-corrected chi connectivity index (χ3v) is 10.6. The van der Waals surface area contributed by atoms with Crippen LogP contribution in [0.5, 0.6) is 0 Å². The molecule has 0 aliphatic carbocycles. The summed E-state index contributed by atoms with van der Waals surface area (Å²) in [5.74, 6) is 0.832. The van der Waals surface area contributed by atoms with Gasteiger partial charge in [-0.25, -0.2) is 0 Å². The first kappa shape index (κ1) is 50.4. The number of hydrogen-bond donors (Lipinski definition) is 0. The van der Waals surface area contributed by atoms with Crippen molar-refractivity contribution in [2.75, 3.05) is 13.2 Å². The second-order valence-electron chi connectivity index (χ2n) is 16.4. The molecule has 0 radical (unpaired) electrons. The summed E-state index contributed by atoms with van der Waals surface area (Å²) in [5, 5.41) is 0. The molecule has 0 aliphatic rings. The molecule has 6 nitrogen and oxygen atoms in total. The van der Waals surface area contributed by atoms with E-state index in [9.17, 15) is 14.4 Å². The summed E-state index contributed by atoms with van der Waals surface area (Å²) in [6, 6.07) is 0. The van der Waals surface area contributed by atoms with E-state index < -0.39 is 6.10 Å². The van der Waals surface area contributed by atoms with Crippen molar-refractivity contribution < 1.29 is 28.6 Å². The fraction of sp³-hybridized carbons (Fsp3) is 0.935. The molecule has 52 heavy (non-hydrogen) atoms. The van der Waals surface area contributed by atoms with Gasteiger partial charge >= 0.3 is 17.9 Å². The molecule has 6 heteroatoms. The summed E-state index contributed by atoms with van der Waals surface area (Å²) in [4.78, 5) is 37.5. The molecule has 0 aliphatic heterocycles. The van der Waals surface area contributed by atoms with Gasteiger partial charge in [-0.05, 0) is 31.1 Å². The number of hydrogen-bond acceptors (Lipinski definition) is 6. The standard InChI is InChI=1S/C46H88O6/c1-6-8-9-24-33-38-46(49)52-43(40-51-45(48)37-32-28-23-19-15-14-17-21-26-30-35-42(5)7-2)39-50-44(47)36-31-27-22-18-13-11-10-12-16-20-25-29-34-41(3)4/h41-43H,6-40H2,1-5H3/t42?,43-/m1/s1. The molecule has 0 fully saturated rings. The van der Waals surface area contributed by atoms with Crippen molar-refractivity contribution in [3.05, 3.63) is 0 Å². The van der Waals surface area contributed by atoms with Crippen molar-refractivity contribution in [1.29, 1.82) is 0 Å². The van der Waals surface area contributed by atoms with Crippen LogP contribution in [0.15, 0.2) is 0 Å². The molecular formula is C46H88O6. The van der Waals surface area contributed by atoms with Gasteiger partial charge in [-0.2, -0.15) is 0 Å². The first-order chi connectivity index (χ1) is 25.3. The van der Waals surface area contributed by atoms with E-state index in [-0.39, 0.29) is 31.1 Å². The van der Waals surface area contributed by atoms with Crippen LogP contribution >= 0.6 is 0 Å². The van der Waals surface area contributed by atoms with Gasteiger partial charge in [-0.3, -0.25) is 14.4 Å².